The van der Waals surface area contributed by atoms with Gasteiger partial charge >= 0.3 is 0 Å². The van der Waals surface area contributed by atoms with E-state index in [0.717, 1.165) is 0 Å². The van der Waals surface area contributed by atoms with Crippen LogP contribution in [-0.4, -0.2) is 49.8 Å². The van der Waals surface area contributed by atoms with Crippen LogP contribution in [0.15, 0.2) is 5.16 Å². The van der Waals surface area contributed by atoms with Crippen LogP contribution in [0, 0.1) is 5.41 Å². The summed E-state index contributed by atoms with van der Waals surface area (Å²) in [5.41, 5.74) is 0.711. The SMILES string of the molecule is CC1(C)COC(C2=NOC3COC(C)(C)OC23)OC1. The summed E-state index contributed by atoms with van der Waals surface area (Å²) in [6.07, 6.45) is -0.933. The number of oxime groups is 1. The monoisotopic (exact) mass is 271 g/mol. The van der Waals surface area contributed by atoms with Gasteiger partial charge in [0.2, 0.25) is 6.29 Å². The number of nitrogens with zero attached hydrogens (tertiary/aromatic N) is 1. The van der Waals surface area contributed by atoms with E-state index in [1.54, 1.807) is 0 Å². The van der Waals surface area contributed by atoms with Gasteiger partial charge in [0, 0.05) is 5.41 Å². The fourth-order valence-corrected chi connectivity index (χ4v) is 2.34. The van der Waals surface area contributed by atoms with Crippen LogP contribution in [0.5, 0.6) is 0 Å². The average molecular weight is 271 g/mol. The summed E-state index contributed by atoms with van der Waals surface area (Å²) < 4.78 is 22.9. The topological polar surface area (TPSA) is 58.5 Å². The Morgan fingerprint density at radius 3 is 2.47 bits per heavy atom. The van der Waals surface area contributed by atoms with Gasteiger partial charge in [0.1, 0.15) is 11.8 Å². The number of hydrogen-bond donors (Lipinski definition) is 0. The zero-order chi connectivity index (χ0) is 13.7. The maximum atomic E-state index is 5.88. The molecule has 0 aliphatic carbocycles. The Hall–Kier alpha value is -0.690. The number of rotatable bonds is 1. The molecule has 19 heavy (non-hydrogen) atoms. The lowest BCUT2D eigenvalue weighted by molar-refractivity contribution is -0.289. The van der Waals surface area contributed by atoms with Gasteiger partial charge in [0.15, 0.2) is 11.9 Å². The normalized spacial score (nSPS) is 37.4. The summed E-state index contributed by atoms with van der Waals surface area (Å²) in [5, 5.41) is 4.08. The molecule has 0 N–H and O–H groups in total. The first kappa shape index (κ1) is 13.3. The lowest BCUT2D eigenvalue weighted by Crippen LogP contribution is -2.54. The smallest absolute Gasteiger partial charge is 0.203 e. The molecule has 0 radical (unpaired) electrons. The van der Waals surface area contributed by atoms with Crippen molar-refractivity contribution in [2.75, 3.05) is 19.8 Å². The number of ether oxygens (including phenoxy) is 4. The molecule has 2 fully saturated rings. The van der Waals surface area contributed by atoms with E-state index in [0.29, 0.717) is 25.5 Å². The molecule has 0 saturated carbocycles. The minimum Gasteiger partial charge on any atom is -0.387 e. The molecule has 6 nitrogen and oxygen atoms in total. The van der Waals surface area contributed by atoms with Crippen molar-refractivity contribution >= 4 is 5.71 Å². The van der Waals surface area contributed by atoms with Crippen molar-refractivity contribution in [1.82, 2.24) is 0 Å². The summed E-state index contributed by atoms with van der Waals surface area (Å²) in [4.78, 5) is 5.35. The van der Waals surface area contributed by atoms with Crippen LogP contribution in [0.2, 0.25) is 0 Å². The van der Waals surface area contributed by atoms with E-state index >= 15 is 0 Å². The van der Waals surface area contributed by atoms with Gasteiger partial charge in [-0.1, -0.05) is 19.0 Å². The quantitative estimate of drug-likeness (QED) is 0.719. The first-order chi connectivity index (χ1) is 8.86. The fourth-order valence-electron chi connectivity index (χ4n) is 2.34. The predicted octanol–water partition coefficient (Wildman–Crippen LogP) is 1.29. The zero-order valence-corrected chi connectivity index (χ0v) is 11.8. The number of hydrogen-bond acceptors (Lipinski definition) is 6. The molecular weight excluding hydrogens is 250 g/mol. The third kappa shape index (κ3) is 2.63. The summed E-state index contributed by atoms with van der Waals surface area (Å²) in [6.45, 7) is 9.70. The minimum absolute atomic E-state index is 0.0335. The molecule has 0 aromatic carbocycles. The van der Waals surface area contributed by atoms with Crippen LogP contribution in [0.3, 0.4) is 0 Å². The van der Waals surface area contributed by atoms with E-state index in [-0.39, 0.29) is 17.6 Å². The Morgan fingerprint density at radius 1 is 1.11 bits per heavy atom. The van der Waals surface area contributed by atoms with Gasteiger partial charge in [-0.25, -0.2) is 0 Å². The highest BCUT2D eigenvalue weighted by atomic mass is 16.8. The lowest BCUT2D eigenvalue weighted by Gasteiger charge is -2.39. The molecule has 2 atom stereocenters. The Balaban J connectivity index is 1.69. The van der Waals surface area contributed by atoms with Crippen LogP contribution < -0.4 is 0 Å². The van der Waals surface area contributed by atoms with Crippen molar-refractivity contribution < 1.29 is 23.8 Å². The van der Waals surface area contributed by atoms with Crippen molar-refractivity contribution in [3.63, 3.8) is 0 Å². The van der Waals surface area contributed by atoms with E-state index < -0.39 is 12.1 Å². The van der Waals surface area contributed by atoms with Gasteiger partial charge in [-0.15, -0.1) is 0 Å². The Kier molecular flexibility index (Phi) is 3.09. The second-order valence-electron chi connectivity index (χ2n) is 6.53. The predicted molar refractivity (Wildman–Crippen MR) is 66.7 cm³/mol. The third-order valence-electron chi connectivity index (χ3n) is 3.42. The van der Waals surface area contributed by atoms with Crippen molar-refractivity contribution in [3.05, 3.63) is 0 Å². The van der Waals surface area contributed by atoms with Crippen LogP contribution in [0.25, 0.3) is 0 Å². The molecule has 0 spiro atoms. The van der Waals surface area contributed by atoms with E-state index in [1.165, 1.54) is 0 Å². The van der Waals surface area contributed by atoms with Crippen LogP contribution in [0.4, 0.5) is 0 Å². The van der Waals surface area contributed by atoms with Crippen LogP contribution in [-0.2, 0) is 23.8 Å². The fraction of sp³-hybridized carbons (Fsp3) is 0.923. The molecule has 108 valence electrons. The van der Waals surface area contributed by atoms with Crippen LogP contribution in [0.1, 0.15) is 27.7 Å². The first-order valence-electron chi connectivity index (χ1n) is 6.65. The highest BCUT2D eigenvalue weighted by Crippen LogP contribution is 2.32. The zero-order valence-electron chi connectivity index (χ0n) is 11.8. The molecule has 3 aliphatic heterocycles. The molecular formula is C13H21NO5. The minimum atomic E-state index is -0.635. The Morgan fingerprint density at radius 2 is 1.79 bits per heavy atom. The summed E-state index contributed by atoms with van der Waals surface area (Å²) >= 11 is 0. The van der Waals surface area contributed by atoms with E-state index in [9.17, 15) is 0 Å². The molecule has 3 rings (SSSR count). The average Bonchev–Trinajstić information content (AvgIpc) is 2.71. The maximum absolute atomic E-state index is 5.88. The van der Waals surface area contributed by atoms with E-state index in [1.807, 2.05) is 13.8 Å². The third-order valence-corrected chi connectivity index (χ3v) is 3.42. The second kappa shape index (κ2) is 4.41. The highest BCUT2D eigenvalue weighted by Gasteiger charge is 2.48. The molecule has 0 aromatic rings. The van der Waals surface area contributed by atoms with Crippen molar-refractivity contribution in [3.8, 4) is 0 Å². The lowest BCUT2D eigenvalue weighted by atomic mass is 9.95. The van der Waals surface area contributed by atoms with Gasteiger partial charge in [0.05, 0.1) is 19.8 Å². The van der Waals surface area contributed by atoms with Crippen LogP contribution >= 0.6 is 0 Å². The summed E-state index contributed by atoms with van der Waals surface area (Å²) in [5.74, 6) is -0.635. The maximum Gasteiger partial charge on any atom is 0.203 e. The second-order valence-corrected chi connectivity index (χ2v) is 6.53. The van der Waals surface area contributed by atoms with Crippen molar-refractivity contribution in [1.29, 1.82) is 0 Å². The van der Waals surface area contributed by atoms with Crippen molar-refractivity contribution in [2.45, 2.75) is 52.0 Å². The molecule has 2 unspecified atom stereocenters. The van der Waals surface area contributed by atoms with Gasteiger partial charge < -0.3 is 23.8 Å². The molecule has 0 amide bonds. The largest absolute Gasteiger partial charge is 0.387 e. The Labute approximate surface area is 113 Å². The van der Waals surface area contributed by atoms with Gasteiger partial charge in [0.25, 0.3) is 0 Å². The molecule has 2 saturated heterocycles. The molecule has 6 heteroatoms. The van der Waals surface area contributed by atoms with Gasteiger partial charge in [-0.05, 0) is 13.8 Å². The first-order valence-corrected chi connectivity index (χ1v) is 6.65. The molecule has 3 heterocycles. The van der Waals surface area contributed by atoms with E-state index in [2.05, 4.69) is 19.0 Å². The summed E-state index contributed by atoms with van der Waals surface area (Å²) in [6, 6.07) is 0. The van der Waals surface area contributed by atoms with Gasteiger partial charge in [-0.2, -0.15) is 0 Å². The molecule has 0 bridgehead atoms. The highest BCUT2D eigenvalue weighted by molar-refractivity contribution is 5.93. The summed E-state index contributed by atoms with van der Waals surface area (Å²) in [7, 11) is 0. The molecule has 0 aromatic heterocycles. The molecule has 3 aliphatic rings. The van der Waals surface area contributed by atoms with Gasteiger partial charge in [-0.3, -0.25) is 0 Å². The van der Waals surface area contributed by atoms with Crippen molar-refractivity contribution in [2.24, 2.45) is 10.6 Å². The Bertz CT molecular complexity index is 382. The van der Waals surface area contributed by atoms with E-state index in [4.69, 9.17) is 23.8 Å². The number of fused-ring (bicyclic) bond motifs is 1. The standard InChI is InChI=1S/C13H21NO5/c1-12(2)6-15-11(16-7-12)9-10-8(19-14-9)5-17-13(3,4)18-10/h8,10-11H,5-7H2,1-4H3.